The van der Waals surface area contributed by atoms with Crippen LogP contribution in [0.1, 0.15) is 11.6 Å². The maximum Gasteiger partial charge on any atom is 0.401 e. The van der Waals surface area contributed by atoms with E-state index in [9.17, 15) is 18.0 Å². The zero-order chi connectivity index (χ0) is 15.2. The van der Waals surface area contributed by atoms with Gasteiger partial charge in [-0.25, -0.2) is 0 Å². The monoisotopic (exact) mass is 291 g/mol. The smallest absolute Gasteiger partial charge is 0.401 e. The number of benzene rings is 1. The summed E-state index contributed by atoms with van der Waals surface area (Å²) < 4.78 is 42.7. The molecule has 4 nitrogen and oxygen atoms in total. The summed E-state index contributed by atoms with van der Waals surface area (Å²) in [5.41, 5.74) is 0.583. The Morgan fingerprint density at radius 2 is 1.95 bits per heavy atom. The standard InChI is InChI=1S/C13H16F3NO3/c1-20-8-11(10-5-3-2-4-6-10)17(7-12(18)19)9-13(14,15)16/h2-6,11H,7-9H2,1H3,(H,18,19). The van der Waals surface area contributed by atoms with Crippen molar-refractivity contribution in [3.8, 4) is 0 Å². The second-order valence-corrected chi connectivity index (χ2v) is 4.30. The van der Waals surface area contributed by atoms with Gasteiger partial charge in [0.05, 0.1) is 25.7 Å². The molecule has 0 aliphatic heterocycles. The van der Waals surface area contributed by atoms with E-state index in [0.717, 1.165) is 4.90 Å². The van der Waals surface area contributed by atoms with Gasteiger partial charge >= 0.3 is 12.1 Å². The van der Waals surface area contributed by atoms with Crippen LogP contribution >= 0.6 is 0 Å². The Hall–Kier alpha value is -1.60. The van der Waals surface area contributed by atoms with Crippen molar-refractivity contribution in [2.24, 2.45) is 0 Å². The molecule has 1 rings (SSSR count). The van der Waals surface area contributed by atoms with E-state index in [4.69, 9.17) is 9.84 Å². The molecule has 0 fully saturated rings. The normalized spacial score (nSPS) is 13.4. The summed E-state index contributed by atoms with van der Waals surface area (Å²) in [6.07, 6.45) is -4.48. The summed E-state index contributed by atoms with van der Waals surface area (Å²) in [6.45, 7) is -2.03. The van der Waals surface area contributed by atoms with Gasteiger partial charge in [-0.15, -0.1) is 0 Å². The maximum atomic E-state index is 12.6. The van der Waals surface area contributed by atoms with Crippen LogP contribution in [0.3, 0.4) is 0 Å². The van der Waals surface area contributed by atoms with E-state index in [1.807, 2.05) is 0 Å². The first-order valence-corrected chi connectivity index (χ1v) is 5.90. The summed E-state index contributed by atoms with van der Waals surface area (Å²) in [5, 5.41) is 8.79. The molecule has 1 atom stereocenters. The van der Waals surface area contributed by atoms with Crippen molar-refractivity contribution >= 4 is 5.97 Å². The van der Waals surface area contributed by atoms with Gasteiger partial charge in [-0.2, -0.15) is 13.2 Å². The topological polar surface area (TPSA) is 49.8 Å². The van der Waals surface area contributed by atoms with Crippen molar-refractivity contribution in [1.82, 2.24) is 4.90 Å². The van der Waals surface area contributed by atoms with Gasteiger partial charge in [-0.05, 0) is 5.56 Å². The summed E-state index contributed by atoms with van der Waals surface area (Å²) in [6, 6.07) is 7.64. The second kappa shape index (κ2) is 7.25. The van der Waals surface area contributed by atoms with Crippen molar-refractivity contribution in [2.75, 3.05) is 26.8 Å². The molecule has 1 aromatic rings. The van der Waals surface area contributed by atoms with E-state index in [1.54, 1.807) is 30.3 Å². The Bertz CT molecular complexity index is 423. The zero-order valence-electron chi connectivity index (χ0n) is 10.9. The number of carboxylic acids is 1. The van der Waals surface area contributed by atoms with Gasteiger partial charge in [0, 0.05) is 7.11 Å². The number of hydrogen-bond acceptors (Lipinski definition) is 3. The number of hydrogen-bond donors (Lipinski definition) is 1. The number of halogens is 3. The number of aliphatic carboxylic acids is 1. The van der Waals surface area contributed by atoms with Crippen molar-refractivity contribution < 1.29 is 27.8 Å². The molecule has 7 heteroatoms. The van der Waals surface area contributed by atoms with Gasteiger partial charge in [0.2, 0.25) is 0 Å². The molecule has 1 unspecified atom stereocenters. The number of methoxy groups -OCH3 is 1. The third-order valence-electron chi connectivity index (χ3n) is 2.67. The second-order valence-electron chi connectivity index (χ2n) is 4.30. The van der Waals surface area contributed by atoms with Crippen molar-refractivity contribution in [3.05, 3.63) is 35.9 Å². The molecular formula is C13H16F3NO3. The molecule has 0 bridgehead atoms. The van der Waals surface area contributed by atoms with Gasteiger partial charge in [0.15, 0.2) is 0 Å². The molecule has 1 N–H and O–H groups in total. The minimum absolute atomic E-state index is 0.0205. The molecule has 0 aliphatic rings. The third-order valence-corrected chi connectivity index (χ3v) is 2.67. The number of carboxylic acid groups (broad SMARTS) is 1. The van der Waals surface area contributed by atoms with E-state index in [2.05, 4.69) is 0 Å². The van der Waals surface area contributed by atoms with Crippen LogP contribution in [0.2, 0.25) is 0 Å². The summed E-state index contributed by atoms with van der Waals surface area (Å²) in [5.74, 6) is -1.31. The predicted molar refractivity (Wildman–Crippen MR) is 66.3 cm³/mol. The minimum Gasteiger partial charge on any atom is -0.480 e. The molecule has 0 saturated heterocycles. The molecule has 20 heavy (non-hydrogen) atoms. The first-order chi connectivity index (χ1) is 9.33. The fourth-order valence-electron chi connectivity index (χ4n) is 1.93. The Morgan fingerprint density at radius 3 is 2.40 bits per heavy atom. The molecule has 0 amide bonds. The van der Waals surface area contributed by atoms with Gasteiger partial charge in [0.1, 0.15) is 0 Å². The highest BCUT2D eigenvalue weighted by Crippen LogP contribution is 2.25. The Kier molecular flexibility index (Phi) is 5.97. The molecule has 112 valence electrons. The highest BCUT2D eigenvalue weighted by molar-refractivity contribution is 5.69. The van der Waals surface area contributed by atoms with Crippen LogP contribution in [-0.2, 0) is 9.53 Å². The van der Waals surface area contributed by atoms with Gasteiger partial charge in [-0.3, -0.25) is 9.69 Å². The predicted octanol–water partition coefficient (Wildman–Crippen LogP) is 2.32. The SMILES string of the molecule is COCC(c1ccccc1)N(CC(=O)O)CC(F)(F)F. The van der Waals surface area contributed by atoms with Crippen LogP contribution in [0.15, 0.2) is 30.3 Å². The van der Waals surface area contributed by atoms with Crippen LogP contribution in [-0.4, -0.2) is 49.0 Å². The minimum atomic E-state index is -4.48. The zero-order valence-corrected chi connectivity index (χ0v) is 10.9. The number of rotatable bonds is 7. The van der Waals surface area contributed by atoms with E-state index in [-0.39, 0.29) is 6.61 Å². The fourth-order valence-corrected chi connectivity index (χ4v) is 1.93. The Morgan fingerprint density at radius 1 is 1.35 bits per heavy atom. The summed E-state index contributed by atoms with van der Waals surface area (Å²) >= 11 is 0. The summed E-state index contributed by atoms with van der Waals surface area (Å²) in [4.78, 5) is 11.6. The number of nitrogens with zero attached hydrogens (tertiary/aromatic N) is 1. The Balaban J connectivity index is 3.00. The molecule has 0 aliphatic carbocycles. The van der Waals surface area contributed by atoms with Crippen LogP contribution in [0.4, 0.5) is 13.2 Å². The van der Waals surface area contributed by atoms with E-state index < -0.39 is 31.3 Å². The lowest BCUT2D eigenvalue weighted by atomic mass is 10.1. The molecule has 0 saturated carbocycles. The molecule has 0 aromatic heterocycles. The van der Waals surface area contributed by atoms with Gasteiger partial charge < -0.3 is 9.84 Å². The van der Waals surface area contributed by atoms with Crippen molar-refractivity contribution in [1.29, 1.82) is 0 Å². The highest BCUT2D eigenvalue weighted by Gasteiger charge is 2.35. The molecule has 0 heterocycles. The lowest BCUT2D eigenvalue weighted by Crippen LogP contribution is -2.42. The lowest BCUT2D eigenvalue weighted by molar-refractivity contribution is -0.160. The number of alkyl halides is 3. The maximum absolute atomic E-state index is 12.6. The molecular weight excluding hydrogens is 275 g/mol. The molecule has 0 spiro atoms. The fraction of sp³-hybridized carbons (Fsp3) is 0.462. The van der Waals surface area contributed by atoms with Crippen LogP contribution in [0.25, 0.3) is 0 Å². The number of carbonyl (C=O) groups is 1. The van der Waals surface area contributed by atoms with Crippen LogP contribution in [0, 0.1) is 0 Å². The third kappa shape index (κ3) is 5.58. The average molecular weight is 291 g/mol. The van der Waals surface area contributed by atoms with Crippen molar-refractivity contribution in [3.63, 3.8) is 0 Å². The highest BCUT2D eigenvalue weighted by atomic mass is 19.4. The average Bonchev–Trinajstić information content (AvgIpc) is 2.34. The van der Waals surface area contributed by atoms with Crippen LogP contribution in [0.5, 0.6) is 0 Å². The first-order valence-electron chi connectivity index (χ1n) is 5.90. The van der Waals surface area contributed by atoms with Crippen molar-refractivity contribution in [2.45, 2.75) is 12.2 Å². The van der Waals surface area contributed by atoms with Crippen LogP contribution < -0.4 is 0 Å². The van der Waals surface area contributed by atoms with Gasteiger partial charge in [0.25, 0.3) is 0 Å². The summed E-state index contributed by atoms with van der Waals surface area (Å²) in [7, 11) is 1.36. The first kappa shape index (κ1) is 16.5. The quantitative estimate of drug-likeness (QED) is 0.837. The Labute approximate surface area is 114 Å². The van der Waals surface area contributed by atoms with E-state index >= 15 is 0 Å². The number of ether oxygens (including phenoxy) is 1. The lowest BCUT2D eigenvalue weighted by Gasteiger charge is -2.30. The van der Waals surface area contributed by atoms with E-state index in [0.29, 0.717) is 5.56 Å². The molecule has 0 radical (unpaired) electrons. The van der Waals surface area contributed by atoms with E-state index in [1.165, 1.54) is 7.11 Å². The largest absolute Gasteiger partial charge is 0.480 e. The van der Waals surface area contributed by atoms with Gasteiger partial charge in [-0.1, -0.05) is 30.3 Å². The molecule has 1 aromatic carbocycles.